The molecule has 5 nitrogen and oxygen atoms in total. The summed E-state index contributed by atoms with van der Waals surface area (Å²) in [6.07, 6.45) is 0. The zero-order valence-corrected chi connectivity index (χ0v) is 18.9. The summed E-state index contributed by atoms with van der Waals surface area (Å²) in [5.74, 6) is -0.459. The van der Waals surface area contributed by atoms with Crippen LogP contribution in [0.4, 0.5) is 11.4 Å². The van der Waals surface area contributed by atoms with E-state index in [1.807, 2.05) is 36.4 Å². The molecule has 0 aliphatic heterocycles. The van der Waals surface area contributed by atoms with Gasteiger partial charge in [-0.2, -0.15) is 0 Å². The Morgan fingerprint density at radius 2 is 1.56 bits per heavy atom. The lowest BCUT2D eigenvalue weighted by Crippen LogP contribution is -2.38. The molecule has 1 N–H and O–H groups in total. The Morgan fingerprint density at radius 1 is 0.875 bits per heavy atom. The van der Waals surface area contributed by atoms with Crippen molar-refractivity contribution in [3.8, 4) is 0 Å². The van der Waals surface area contributed by atoms with Crippen molar-refractivity contribution in [3.05, 3.63) is 102 Å². The van der Waals surface area contributed by atoms with E-state index in [4.69, 9.17) is 11.6 Å². The van der Waals surface area contributed by atoms with E-state index in [0.29, 0.717) is 22.0 Å². The Kier molecular flexibility index (Phi) is 6.17. The van der Waals surface area contributed by atoms with Crippen molar-refractivity contribution < 1.29 is 13.2 Å². The predicted molar refractivity (Wildman–Crippen MR) is 130 cm³/mol. The van der Waals surface area contributed by atoms with E-state index in [-0.39, 0.29) is 4.90 Å². The summed E-state index contributed by atoms with van der Waals surface area (Å²) in [4.78, 5) is 13.1. The highest BCUT2D eigenvalue weighted by atomic mass is 35.5. The quantitative estimate of drug-likeness (QED) is 0.401. The maximum atomic E-state index is 13.5. The van der Waals surface area contributed by atoms with Gasteiger partial charge in [-0.05, 0) is 59.7 Å². The van der Waals surface area contributed by atoms with Crippen LogP contribution >= 0.6 is 11.6 Å². The summed E-state index contributed by atoms with van der Waals surface area (Å²) in [6.45, 7) is 1.38. The number of nitrogens with one attached hydrogen (secondary N) is 1. The van der Waals surface area contributed by atoms with Gasteiger partial charge < -0.3 is 5.32 Å². The molecule has 4 aromatic rings. The van der Waals surface area contributed by atoms with E-state index in [9.17, 15) is 13.2 Å². The van der Waals surface area contributed by atoms with Gasteiger partial charge >= 0.3 is 0 Å². The average Bonchev–Trinajstić information content (AvgIpc) is 2.79. The molecule has 0 spiro atoms. The van der Waals surface area contributed by atoms with Gasteiger partial charge in [0.15, 0.2) is 0 Å². The maximum Gasteiger partial charge on any atom is 0.264 e. The SMILES string of the molecule is Cc1ccc(Cl)cc1N(CC(=O)Nc1ccc2ccccc2c1)S(=O)(=O)c1ccccc1. The first-order chi connectivity index (χ1) is 15.3. The highest BCUT2D eigenvalue weighted by molar-refractivity contribution is 7.92. The molecule has 0 atom stereocenters. The highest BCUT2D eigenvalue weighted by Crippen LogP contribution is 2.29. The van der Waals surface area contributed by atoms with Crippen LogP contribution in [0.5, 0.6) is 0 Å². The number of fused-ring (bicyclic) bond motifs is 1. The van der Waals surface area contributed by atoms with Crippen LogP contribution < -0.4 is 9.62 Å². The minimum Gasteiger partial charge on any atom is -0.324 e. The number of hydrogen-bond donors (Lipinski definition) is 1. The van der Waals surface area contributed by atoms with Gasteiger partial charge in [0.05, 0.1) is 10.6 Å². The largest absolute Gasteiger partial charge is 0.324 e. The lowest BCUT2D eigenvalue weighted by molar-refractivity contribution is -0.114. The minimum absolute atomic E-state index is 0.0953. The Labute approximate surface area is 192 Å². The number of amides is 1. The summed E-state index contributed by atoms with van der Waals surface area (Å²) in [5.41, 5.74) is 1.64. The molecule has 32 heavy (non-hydrogen) atoms. The number of aryl methyl sites for hydroxylation is 1. The van der Waals surface area contributed by atoms with Gasteiger partial charge in [0.1, 0.15) is 6.54 Å². The smallest absolute Gasteiger partial charge is 0.264 e. The number of hydrogen-bond acceptors (Lipinski definition) is 3. The van der Waals surface area contributed by atoms with E-state index in [2.05, 4.69) is 5.32 Å². The Balaban J connectivity index is 1.68. The molecule has 0 aromatic heterocycles. The second kappa shape index (κ2) is 9.02. The topological polar surface area (TPSA) is 66.5 Å². The lowest BCUT2D eigenvalue weighted by atomic mass is 10.1. The molecule has 0 aliphatic rings. The number of nitrogens with zero attached hydrogens (tertiary/aromatic N) is 1. The number of rotatable bonds is 6. The van der Waals surface area contributed by atoms with Crippen molar-refractivity contribution in [1.82, 2.24) is 0 Å². The number of carbonyl (C=O) groups excluding carboxylic acids is 1. The van der Waals surface area contributed by atoms with Gasteiger partial charge in [-0.1, -0.05) is 66.2 Å². The van der Waals surface area contributed by atoms with Crippen molar-refractivity contribution in [1.29, 1.82) is 0 Å². The molecule has 4 rings (SSSR count). The van der Waals surface area contributed by atoms with Crippen LogP contribution in [0.25, 0.3) is 10.8 Å². The normalized spacial score (nSPS) is 11.3. The fourth-order valence-corrected chi connectivity index (χ4v) is 5.13. The molecule has 0 saturated carbocycles. The summed E-state index contributed by atoms with van der Waals surface area (Å²) in [7, 11) is -4.00. The van der Waals surface area contributed by atoms with Crippen LogP contribution in [0, 0.1) is 6.92 Å². The molecular formula is C25H21ClN2O3S. The number of benzene rings is 4. The summed E-state index contributed by atoms with van der Waals surface area (Å²) >= 11 is 6.16. The van der Waals surface area contributed by atoms with E-state index in [0.717, 1.165) is 15.1 Å². The fourth-order valence-electron chi connectivity index (χ4n) is 3.47. The van der Waals surface area contributed by atoms with Crippen LogP contribution in [0.1, 0.15) is 5.56 Å². The standard InChI is InChI=1S/C25H21ClN2O3S/c1-18-11-13-21(26)16-24(18)28(32(30,31)23-9-3-2-4-10-23)17-25(29)27-22-14-12-19-7-5-6-8-20(19)15-22/h2-16H,17H2,1H3,(H,27,29). The van der Waals surface area contributed by atoms with Gasteiger partial charge in [0, 0.05) is 10.7 Å². The van der Waals surface area contributed by atoms with E-state index in [1.165, 1.54) is 12.1 Å². The third-order valence-electron chi connectivity index (χ3n) is 5.09. The zero-order chi connectivity index (χ0) is 22.7. The molecule has 4 aromatic carbocycles. The summed E-state index contributed by atoms with van der Waals surface area (Å²) in [6, 6.07) is 26.4. The molecule has 0 heterocycles. The molecule has 0 saturated heterocycles. The molecular weight excluding hydrogens is 444 g/mol. The Bertz CT molecular complexity index is 1390. The van der Waals surface area contributed by atoms with Gasteiger partial charge in [0.2, 0.25) is 5.91 Å². The van der Waals surface area contributed by atoms with Crippen LogP contribution in [0.2, 0.25) is 5.02 Å². The van der Waals surface area contributed by atoms with Crippen molar-refractivity contribution in [2.45, 2.75) is 11.8 Å². The third kappa shape index (κ3) is 4.61. The fraction of sp³-hybridized carbons (Fsp3) is 0.0800. The Morgan fingerprint density at radius 3 is 2.31 bits per heavy atom. The van der Waals surface area contributed by atoms with E-state index < -0.39 is 22.5 Å². The second-order valence-corrected chi connectivity index (χ2v) is 9.66. The molecule has 0 bridgehead atoms. The lowest BCUT2D eigenvalue weighted by Gasteiger charge is -2.26. The number of anilines is 2. The van der Waals surface area contributed by atoms with Crippen LogP contribution in [-0.4, -0.2) is 20.9 Å². The Hall–Kier alpha value is -3.35. The first-order valence-electron chi connectivity index (χ1n) is 9.97. The summed E-state index contributed by atoms with van der Waals surface area (Å²) in [5, 5.41) is 5.22. The van der Waals surface area contributed by atoms with Crippen molar-refractivity contribution >= 4 is 49.7 Å². The molecule has 0 radical (unpaired) electrons. The van der Waals surface area contributed by atoms with E-state index in [1.54, 1.807) is 49.4 Å². The van der Waals surface area contributed by atoms with Gasteiger partial charge in [-0.25, -0.2) is 8.42 Å². The van der Waals surface area contributed by atoms with Crippen molar-refractivity contribution in [2.75, 3.05) is 16.2 Å². The second-order valence-electron chi connectivity index (χ2n) is 7.37. The number of carbonyl (C=O) groups is 1. The maximum absolute atomic E-state index is 13.5. The van der Waals surface area contributed by atoms with Crippen LogP contribution in [0.3, 0.4) is 0 Å². The first-order valence-corrected chi connectivity index (χ1v) is 11.8. The third-order valence-corrected chi connectivity index (χ3v) is 7.10. The first kappa shape index (κ1) is 21.9. The van der Waals surface area contributed by atoms with E-state index >= 15 is 0 Å². The summed E-state index contributed by atoms with van der Waals surface area (Å²) < 4.78 is 28.0. The average molecular weight is 465 g/mol. The van der Waals surface area contributed by atoms with Gasteiger partial charge in [0.25, 0.3) is 10.0 Å². The van der Waals surface area contributed by atoms with Gasteiger partial charge in [-0.15, -0.1) is 0 Å². The van der Waals surface area contributed by atoms with Crippen molar-refractivity contribution in [2.24, 2.45) is 0 Å². The van der Waals surface area contributed by atoms with Gasteiger partial charge in [-0.3, -0.25) is 9.10 Å². The molecule has 162 valence electrons. The van der Waals surface area contributed by atoms with Crippen molar-refractivity contribution in [3.63, 3.8) is 0 Å². The molecule has 1 amide bonds. The molecule has 0 unspecified atom stereocenters. The molecule has 0 aliphatic carbocycles. The monoisotopic (exact) mass is 464 g/mol. The van der Waals surface area contributed by atoms with Crippen LogP contribution in [0.15, 0.2) is 95.9 Å². The number of halogens is 1. The minimum atomic E-state index is -4.00. The van der Waals surface area contributed by atoms with Crippen LogP contribution in [-0.2, 0) is 14.8 Å². The predicted octanol–water partition coefficient (Wildman–Crippen LogP) is 5.64. The number of sulfonamides is 1. The zero-order valence-electron chi connectivity index (χ0n) is 17.3. The highest BCUT2D eigenvalue weighted by Gasteiger charge is 2.28. The molecule has 0 fully saturated rings. The molecule has 7 heteroatoms.